The van der Waals surface area contributed by atoms with E-state index in [1.54, 1.807) is 0 Å². The summed E-state index contributed by atoms with van der Waals surface area (Å²) < 4.78 is 0. The van der Waals surface area contributed by atoms with Crippen LogP contribution in [0.2, 0.25) is 0 Å². The second-order valence-electron chi connectivity index (χ2n) is 4.80. The summed E-state index contributed by atoms with van der Waals surface area (Å²) in [5, 5.41) is 7.51. The van der Waals surface area contributed by atoms with Crippen molar-refractivity contribution in [1.29, 1.82) is 0 Å². The van der Waals surface area contributed by atoms with Gasteiger partial charge in [0.15, 0.2) is 5.11 Å². The molecule has 2 aliphatic rings. The fourth-order valence-corrected chi connectivity index (χ4v) is 2.44. The minimum atomic E-state index is 0.460. The molecule has 1 unspecified atom stereocenters. The number of hydrogen-bond acceptors (Lipinski definition) is 2. The molecule has 4 heteroatoms. The van der Waals surface area contributed by atoms with E-state index in [2.05, 4.69) is 22.5 Å². The van der Waals surface area contributed by atoms with E-state index in [9.17, 15) is 0 Å². The van der Waals surface area contributed by atoms with Crippen LogP contribution in [-0.4, -0.2) is 41.7 Å². The molecule has 1 heterocycles. The van der Waals surface area contributed by atoms with Crippen molar-refractivity contribution in [3.05, 3.63) is 0 Å². The molecule has 1 atom stereocenters. The van der Waals surface area contributed by atoms with E-state index in [1.807, 2.05) is 0 Å². The Bertz CT molecular complexity index is 222. The van der Waals surface area contributed by atoms with Crippen molar-refractivity contribution >= 4 is 17.3 Å². The zero-order valence-electron chi connectivity index (χ0n) is 9.46. The van der Waals surface area contributed by atoms with Crippen molar-refractivity contribution in [1.82, 2.24) is 15.5 Å². The van der Waals surface area contributed by atoms with Crippen molar-refractivity contribution in [3.63, 3.8) is 0 Å². The van der Waals surface area contributed by atoms with E-state index in [4.69, 9.17) is 12.2 Å². The Balaban J connectivity index is 1.61. The zero-order valence-corrected chi connectivity index (χ0v) is 10.3. The highest BCUT2D eigenvalue weighted by Gasteiger charge is 2.22. The minimum absolute atomic E-state index is 0.460. The predicted octanol–water partition coefficient (Wildman–Crippen LogP) is 1.10. The van der Waals surface area contributed by atoms with E-state index in [1.165, 1.54) is 38.8 Å². The van der Waals surface area contributed by atoms with Crippen LogP contribution in [0.25, 0.3) is 0 Å². The van der Waals surface area contributed by atoms with Crippen LogP contribution in [0, 0.1) is 0 Å². The topological polar surface area (TPSA) is 27.3 Å². The van der Waals surface area contributed by atoms with Crippen LogP contribution in [0.1, 0.15) is 32.6 Å². The van der Waals surface area contributed by atoms with Gasteiger partial charge in [-0.2, -0.15) is 0 Å². The lowest BCUT2D eigenvalue weighted by molar-refractivity contribution is 0.311. The molecule has 1 aliphatic carbocycles. The molecule has 0 amide bonds. The lowest BCUT2D eigenvalue weighted by atomic mass is 10.3. The average molecular weight is 227 g/mol. The maximum Gasteiger partial charge on any atom is 0.166 e. The highest BCUT2D eigenvalue weighted by atomic mass is 32.1. The van der Waals surface area contributed by atoms with Crippen molar-refractivity contribution < 1.29 is 0 Å². The van der Waals surface area contributed by atoms with Crippen LogP contribution in [0.4, 0.5) is 0 Å². The lowest BCUT2D eigenvalue weighted by Crippen LogP contribution is -2.46. The van der Waals surface area contributed by atoms with Gasteiger partial charge in [-0.3, -0.25) is 0 Å². The van der Waals surface area contributed by atoms with Gasteiger partial charge >= 0.3 is 0 Å². The Morgan fingerprint density at radius 1 is 1.40 bits per heavy atom. The molecule has 1 saturated heterocycles. The maximum absolute atomic E-state index is 5.25. The number of hydrogen-bond donors (Lipinski definition) is 2. The standard InChI is InChI=1S/C11H21N3S/c1-9(8-14-6-2-3-7-14)12-11(15)13-10-4-5-10/h9-10H,2-8H2,1H3,(H2,12,13,15). The van der Waals surface area contributed by atoms with Gasteiger partial charge in [0, 0.05) is 18.6 Å². The fraction of sp³-hybridized carbons (Fsp3) is 0.909. The predicted molar refractivity (Wildman–Crippen MR) is 67.0 cm³/mol. The van der Waals surface area contributed by atoms with Gasteiger partial charge < -0.3 is 15.5 Å². The molecule has 0 bridgehead atoms. The van der Waals surface area contributed by atoms with E-state index in [0.717, 1.165) is 11.7 Å². The van der Waals surface area contributed by atoms with E-state index < -0.39 is 0 Å². The van der Waals surface area contributed by atoms with Gasteiger partial charge in [-0.25, -0.2) is 0 Å². The first-order valence-electron chi connectivity index (χ1n) is 6.03. The summed E-state index contributed by atoms with van der Waals surface area (Å²) in [4.78, 5) is 2.51. The number of rotatable bonds is 4. The second kappa shape index (κ2) is 5.12. The van der Waals surface area contributed by atoms with Gasteiger partial charge in [-0.15, -0.1) is 0 Å². The normalized spacial score (nSPS) is 23.8. The highest BCUT2D eigenvalue weighted by Crippen LogP contribution is 2.18. The molecule has 2 N–H and O–H groups in total. The Labute approximate surface area is 97.6 Å². The summed E-state index contributed by atoms with van der Waals surface area (Å²) in [5.74, 6) is 0. The number of nitrogens with zero attached hydrogens (tertiary/aromatic N) is 1. The van der Waals surface area contributed by atoms with Gasteiger partial charge in [0.05, 0.1) is 0 Å². The van der Waals surface area contributed by atoms with Crippen molar-refractivity contribution in [2.45, 2.75) is 44.7 Å². The minimum Gasteiger partial charge on any atom is -0.360 e. The molecule has 15 heavy (non-hydrogen) atoms. The third-order valence-corrected chi connectivity index (χ3v) is 3.26. The smallest absolute Gasteiger partial charge is 0.166 e. The molecule has 86 valence electrons. The SMILES string of the molecule is CC(CN1CCCC1)NC(=S)NC1CC1. The van der Waals surface area contributed by atoms with Crippen LogP contribution in [0.5, 0.6) is 0 Å². The fourth-order valence-electron chi connectivity index (χ4n) is 2.08. The summed E-state index contributed by atoms with van der Waals surface area (Å²) in [7, 11) is 0. The second-order valence-corrected chi connectivity index (χ2v) is 5.21. The Hall–Kier alpha value is -0.350. The molecule has 2 fully saturated rings. The quantitative estimate of drug-likeness (QED) is 0.703. The molecule has 3 nitrogen and oxygen atoms in total. The van der Waals surface area contributed by atoms with E-state index in [-0.39, 0.29) is 0 Å². The summed E-state index contributed by atoms with van der Waals surface area (Å²) in [6.07, 6.45) is 5.28. The highest BCUT2D eigenvalue weighted by molar-refractivity contribution is 7.80. The third-order valence-electron chi connectivity index (χ3n) is 3.02. The number of nitrogens with one attached hydrogen (secondary N) is 2. The van der Waals surface area contributed by atoms with Crippen molar-refractivity contribution in [3.8, 4) is 0 Å². The molecule has 0 aromatic rings. The van der Waals surface area contributed by atoms with Gasteiger partial charge in [0.1, 0.15) is 0 Å². The van der Waals surface area contributed by atoms with Crippen LogP contribution < -0.4 is 10.6 Å². The molecule has 0 radical (unpaired) electrons. The zero-order chi connectivity index (χ0) is 10.7. The summed E-state index contributed by atoms with van der Waals surface area (Å²) in [5.41, 5.74) is 0. The third kappa shape index (κ3) is 3.95. The Morgan fingerprint density at radius 3 is 2.67 bits per heavy atom. The molecule has 1 saturated carbocycles. The molecule has 0 aromatic carbocycles. The van der Waals surface area contributed by atoms with Crippen LogP contribution >= 0.6 is 12.2 Å². The molecule has 2 rings (SSSR count). The molecular weight excluding hydrogens is 206 g/mol. The van der Waals surface area contributed by atoms with Gasteiger partial charge in [0.2, 0.25) is 0 Å². The van der Waals surface area contributed by atoms with Gasteiger partial charge in [-0.05, 0) is 57.9 Å². The lowest BCUT2D eigenvalue weighted by Gasteiger charge is -2.22. The first kappa shape index (κ1) is 11.1. The molecule has 0 aromatic heterocycles. The van der Waals surface area contributed by atoms with Crippen LogP contribution in [-0.2, 0) is 0 Å². The first-order chi connectivity index (χ1) is 7.24. The summed E-state index contributed by atoms with van der Waals surface area (Å²) >= 11 is 5.25. The molecule has 1 aliphatic heterocycles. The van der Waals surface area contributed by atoms with Crippen molar-refractivity contribution in [2.24, 2.45) is 0 Å². The van der Waals surface area contributed by atoms with Crippen LogP contribution in [0.15, 0.2) is 0 Å². The Morgan fingerprint density at radius 2 is 2.07 bits per heavy atom. The summed E-state index contributed by atoms with van der Waals surface area (Å²) in [6, 6.07) is 1.12. The van der Waals surface area contributed by atoms with Crippen molar-refractivity contribution in [2.75, 3.05) is 19.6 Å². The average Bonchev–Trinajstić information content (AvgIpc) is 2.80. The monoisotopic (exact) mass is 227 g/mol. The van der Waals surface area contributed by atoms with Gasteiger partial charge in [0.25, 0.3) is 0 Å². The Kier molecular flexibility index (Phi) is 3.81. The van der Waals surface area contributed by atoms with Gasteiger partial charge in [-0.1, -0.05) is 0 Å². The molecular formula is C11H21N3S. The molecule has 0 spiro atoms. The largest absolute Gasteiger partial charge is 0.360 e. The number of thiocarbonyl (C=S) groups is 1. The summed E-state index contributed by atoms with van der Waals surface area (Å²) in [6.45, 7) is 5.84. The van der Waals surface area contributed by atoms with Crippen LogP contribution in [0.3, 0.4) is 0 Å². The van der Waals surface area contributed by atoms with E-state index >= 15 is 0 Å². The number of likely N-dealkylation sites (tertiary alicyclic amines) is 1. The van der Waals surface area contributed by atoms with E-state index in [0.29, 0.717) is 12.1 Å². The maximum atomic E-state index is 5.25. The first-order valence-corrected chi connectivity index (χ1v) is 6.44.